The highest BCUT2D eigenvalue weighted by Gasteiger charge is 2.01. The number of hydrogen-bond acceptors (Lipinski definition) is 2. The van der Waals surface area contributed by atoms with E-state index in [-0.39, 0.29) is 0 Å². The molecule has 3 heteroatoms. The van der Waals surface area contributed by atoms with Gasteiger partial charge in [0.1, 0.15) is 5.75 Å². The lowest BCUT2D eigenvalue weighted by atomic mass is 10.1. The zero-order chi connectivity index (χ0) is 15.2. The molecule has 0 aliphatic carbocycles. The molecule has 2 aromatic carbocycles. The molecule has 0 saturated carbocycles. The van der Waals surface area contributed by atoms with E-state index in [1.54, 1.807) is 0 Å². The monoisotopic (exact) mass is 345 g/mol. The van der Waals surface area contributed by atoms with Crippen LogP contribution in [0.25, 0.3) is 0 Å². The van der Waals surface area contributed by atoms with Gasteiger partial charge < -0.3 is 4.74 Å². The molecule has 0 saturated heterocycles. The molecule has 0 spiro atoms. The summed E-state index contributed by atoms with van der Waals surface area (Å²) >= 11 is 3.54. The largest absolute Gasteiger partial charge is 0.492 e. The van der Waals surface area contributed by atoms with E-state index in [1.807, 2.05) is 30.5 Å². The second-order valence-electron chi connectivity index (χ2n) is 5.07. The van der Waals surface area contributed by atoms with Crippen LogP contribution in [0.5, 0.6) is 5.75 Å². The van der Waals surface area contributed by atoms with Gasteiger partial charge in [-0.05, 0) is 83.2 Å². The molecule has 0 heterocycles. The van der Waals surface area contributed by atoms with Crippen LogP contribution in [0.3, 0.4) is 0 Å². The lowest BCUT2D eigenvalue weighted by Gasteiger charge is -2.07. The van der Waals surface area contributed by atoms with Crippen molar-refractivity contribution in [3.63, 3.8) is 0 Å². The SMILES string of the molecule is CCCOc1ccc(C=Nc2ccc(C)c(C)c2)cc1Br. The van der Waals surface area contributed by atoms with Gasteiger partial charge in [-0.25, -0.2) is 0 Å². The van der Waals surface area contributed by atoms with E-state index >= 15 is 0 Å². The first kappa shape index (κ1) is 15.8. The van der Waals surface area contributed by atoms with E-state index in [9.17, 15) is 0 Å². The van der Waals surface area contributed by atoms with Crippen LogP contribution in [0.1, 0.15) is 30.0 Å². The molecular weight excluding hydrogens is 326 g/mol. The fourth-order valence-electron chi connectivity index (χ4n) is 1.88. The van der Waals surface area contributed by atoms with Gasteiger partial charge in [0.15, 0.2) is 0 Å². The van der Waals surface area contributed by atoms with Crippen molar-refractivity contribution in [1.29, 1.82) is 0 Å². The predicted molar refractivity (Wildman–Crippen MR) is 93.1 cm³/mol. The summed E-state index contributed by atoms with van der Waals surface area (Å²) in [5, 5.41) is 0. The molecule has 0 aliphatic rings. The van der Waals surface area contributed by atoms with Crippen LogP contribution in [0.15, 0.2) is 45.9 Å². The first-order valence-electron chi connectivity index (χ1n) is 7.14. The van der Waals surface area contributed by atoms with Crippen LogP contribution < -0.4 is 4.74 Å². The Morgan fingerprint density at radius 3 is 2.57 bits per heavy atom. The van der Waals surface area contributed by atoms with Gasteiger partial charge in [-0.1, -0.05) is 13.0 Å². The molecule has 0 amide bonds. The highest BCUT2D eigenvalue weighted by atomic mass is 79.9. The summed E-state index contributed by atoms with van der Waals surface area (Å²) in [4.78, 5) is 4.52. The Bertz CT molecular complexity index is 650. The van der Waals surface area contributed by atoms with Crippen LogP contribution in [0, 0.1) is 13.8 Å². The van der Waals surface area contributed by atoms with Crippen molar-refractivity contribution >= 4 is 27.8 Å². The van der Waals surface area contributed by atoms with E-state index < -0.39 is 0 Å². The molecule has 0 unspecified atom stereocenters. The maximum atomic E-state index is 5.64. The van der Waals surface area contributed by atoms with Crippen LogP contribution in [0.2, 0.25) is 0 Å². The third kappa shape index (κ3) is 4.43. The number of aliphatic imine (C=N–C) groups is 1. The van der Waals surface area contributed by atoms with Gasteiger partial charge in [0, 0.05) is 6.21 Å². The summed E-state index contributed by atoms with van der Waals surface area (Å²) in [7, 11) is 0. The van der Waals surface area contributed by atoms with Crippen molar-refractivity contribution in [2.24, 2.45) is 4.99 Å². The van der Waals surface area contributed by atoms with E-state index in [2.05, 4.69) is 53.8 Å². The molecule has 110 valence electrons. The molecule has 2 aromatic rings. The predicted octanol–water partition coefficient (Wildman–Crippen LogP) is 5.61. The molecule has 0 atom stereocenters. The Kier molecular flexibility index (Phi) is 5.57. The fourth-order valence-corrected chi connectivity index (χ4v) is 2.39. The summed E-state index contributed by atoms with van der Waals surface area (Å²) in [5.74, 6) is 0.875. The average molecular weight is 346 g/mol. The summed E-state index contributed by atoms with van der Waals surface area (Å²) in [6.45, 7) is 7.03. The Balaban J connectivity index is 2.13. The Labute approximate surface area is 135 Å². The number of hydrogen-bond donors (Lipinski definition) is 0. The first-order valence-corrected chi connectivity index (χ1v) is 7.93. The fraction of sp³-hybridized carbons (Fsp3) is 0.278. The lowest BCUT2D eigenvalue weighted by molar-refractivity contribution is 0.315. The number of halogens is 1. The maximum absolute atomic E-state index is 5.64. The van der Waals surface area contributed by atoms with Crippen LogP contribution >= 0.6 is 15.9 Å². The van der Waals surface area contributed by atoms with Crippen molar-refractivity contribution in [2.45, 2.75) is 27.2 Å². The molecular formula is C18H20BrNO. The van der Waals surface area contributed by atoms with Crippen LogP contribution in [-0.4, -0.2) is 12.8 Å². The third-order valence-corrected chi connectivity index (χ3v) is 3.89. The zero-order valence-electron chi connectivity index (χ0n) is 12.7. The van der Waals surface area contributed by atoms with Crippen LogP contribution in [-0.2, 0) is 0 Å². The van der Waals surface area contributed by atoms with Crippen LogP contribution in [0.4, 0.5) is 5.69 Å². The number of ether oxygens (including phenoxy) is 1. The average Bonchev–Trinajstić information content (AvgIpc) is 2.47. The van der Waals surface area contributed by atoms with E-state index in [1.165, 1.54) is 11.1 Å². The third-order valence-electron chi connectivity index (χ3n) is 3.27. The minimum Gasteiger partial charge on any atom is -0.492 e. The molecule has 21 heavy (non-hydrogen) atoms. The van der Waals surface area contributed by atoms with Crippen molar-refractivity contribution in [3.8, 4) is 5.75 Å². The van der Waals surface area contributed by atoms with Gasteiger partial charge in [0.25, 0.3) is 0 Å². The quantitative estimate of drug-likeness (QED) is 0.645. The minimum atomic E-state index is 0.731. The summed E-state index contributed by atoms with van der Waals surface area (Å²) in [6.07, 6.45) is 2.88. The van der Waals surface area contributed by atoms with Crippen molar-refractivity contribution < 1.29 is 4.74 Å². The summed E-state index contributed by atoms with van der Waals surface area (Å²) in [5.41, 5.74) is 4.56. The summed E-state index contributed by atoms with van der Waals surface area (Å²) in [6, 6.07) is 12.2. The highest BCUT2D eigenvalue weighted by Crippen LogP contribution is 2.26. The van der Waals surface area contributed by atoms with E-state index in [4.69, 9.17) is 4.74 Å². The van der Waals surface area contributed by atoms with Crippen molar-refractivity contribution in [3.05, 3.63) is 57.6 Å². The van der Waals surface area contributed by atoms with Gasteiger partial charge in [-0.2, -0.15) is 0 Å². The van der Waals surface area contributed by atoms with Gasteiger partial charge in [-0.3, -0.25) is 4.99 Å². The van der Waals surface area contributed by atoms with Gasteiger partial charge in [0.2, 0.25) is 0 Å². The Hall–Kier alpha value is -1.61. The number of rotatable bonds is 5. The zero-order valence-corrected chi connectivity index (χ0v) is 14.3. The molecule has 0 aromatic heterocycles. The first-order chi connectivity index (χ1) is 10.1. The molecule has 0 N–H and O–H groups in total. The molecule has 0 bridgehead atoms. The summed E-state index contributed by atoms with van der Waals surface area (Å²) < 4.78 is 6.60. The molecule has 2 nitrogen and oxygen atoms in total. The topological polar surface area (TPSA) is 21.6 Å². The minimum absolute atomic E-state index is 0.731. The highest BCUT2D eigenvalue weighted by molar-refractivity contribution is 9.10. The standard InChI is InChI=1S/C18H20BrNO/c1-4-9-21-18-8-6-15(11-17(18)19)12-20-16-7-5-13(2)14(3)10-16/h5-8,10-12H,4,9H2,1-3H3. The van der Waals surface area contributed by atoms with Gasteiger partial charge >= 0.3 is 0 Å². The smallest absolute Gasteiger partial charge is 0.133 e. The normalized spacial score (nSPS) is 11.0. The van der Waals surface area contributed by atoms with E-state index in [0.29, 0.717) is 0 Å². The van der Waals surface area contributed by atoms with Gasteiger partial charge in [0.05, 0.1) is 16.8 Å². The van der Waals surface area contributed by atoms with E-state index in [0.717, 1.165) is 34.5 Å². The second kappa shape index (κ2) is 7.41. The molecule has 0 aliphatic heterocycles. The molecule has 2 rings (SSSR count). The van der Waals surface area contributed by atoms with Crippen molar-refractivity contribution in [2.75, 3.05) is 6.61 Å². The Morgan fingerprint density at radius 1 is 1.10 bits per heavy atom. The maximum Gasteiger partial charge on any atom is 0.133 e. The second-order valence-corrected chi connectivity index (χ2v) is 5.92. The molecule has 0 radical (unpaired) electrons. The van der Waals surface area contributed by atoms with Gasteiger partial charge in [-0.15, -0.1) is 0 Å². The number of benzene rings is 2. The number of nitrogens with zero attached hydrogens (tertiary/aromatic N) is 1. The number of aryl methyl sites for hydroxylation is 2. The van der Waals surface area contributed by atoms with Crippen molar-refractivity contribution in [1.82, 2.24) is 0 Å². The lowest BCUT2D eigenvalue weighted by Crippen LogP contribution is -1.96. The molecule has 0 fully saturated rings. The Morgan fingerprint density at radius 2 is 1.90 bits per heavy atom.